The number of unbranched alkanes of at least 4 members (excludes halogenated alkanes) is 1. The number of amides is 1. The van der Waals surface area contributed by atoms with Gasteiger partial charge in [0.05, 0.1) is 12.4 Å². The zero-order chi connectivity index (χ0) is 24.3. The lowest BCUT2D eigenvalue weighted by molar-refractivity contribution is -0.113. The minimum absolute atomic E-state index is 0.0520. The number of nitrogens with one attached hydrogen (secondary N) is 1. The van der Waals surface area contributed by atoms with E-state index in [1.54, 1.807) is 0 Å². The van der Waals surface area contributed by atoms with Gasteiger partial charge >= 0.3 is 0 Å². The zero-order valence-electron chi connectivity index (χ0n) is 20.3. The van der Waals surface area contributed by atoms with E-state index in [0.717, 1.165) is 59.6 Å². The van der Waals surface area contributed by atoms with Gasteiger partial charge in [0.1, 0.15) is 5.75 Å². The molecule has 0 bridgehead atoms. The van der Waals surface area contributed by atoms with Crippen molar-refractivity contribution in [2.45, 2.75) is 58.2 Å². The Morgan fingerprint density at radius 1 is 1.09 bits per heavy atom. The van der Waals surface area contributed by atoms with Crippen molar-refractivity contribution in [1.82, 2.24) is 14.8 Å². The van der Waals surface area contributed by atoms with Crippen molar-refractivity contribution in [3.05, 3.63) is 66.2 Å². The maximum atomic E-state index is 12.8. The average Bonchev–Trinajstić information content (AvgIpc) is 3.26. The van der Waals surface area contributed by atoms with Gasteiger partial charge in [-0.25, -0.2) is 0 Å². The maximum absolute atomic E-state index is 12.8. The second-order valence-corrected chi connectivity index (χ2v) is 8.87. The summed E-state index contributed by atoms with van der Waals surface area (Å²) in [7, 11) is 0. The van der Waals surface area contributed by atoms with Crippen molar-refractivity contribution in [2.75, 3.05) is 17.7 Å². The Bertz CT molecular complexity index is 1070. The summed E-state index contributed by atoms with van der Waals surface area (Å²) in [5, 5.41) is 12.6. The van der Waals surface area contributed by atoms with Crippen molar-refractivity contribution in [1.29, 1.82) is 0 Å². The third kappa shape index (κ3) is 6.50. The molecule has 3 aromatic rings. The Labute approximate surface area is 206 Å². The van der Waals surface area contributed by atoms with E-state index in [2.05, 4.69) is 55.0 Å². The minimum Gasteiger partial charge on any atom is -0.494 e. The summed E-state index contributed by atoms with van der Waals surface area (Å²) < 4.78 is 7.74. The molecule has 1 N–H and O–H groups in total. The molecule has 34 heavy (non-hydrogen) atoms. The zero-order valence-corrected chi connectivity index (χ0v) is 21.2. The highest BCUT2D eigenvalue weighted by Gasteiger charge is 2.16. The van der Waals surface area contributed by atoms with Crippen molar-refractivity contribution in [3.8, 4) is 17.1 Å². The van der Waals surface area contributed by atoms with Crippen LogP contribution in [0.25, 0.3) is 11.4 Å². The van der Waals surface area contributed by atoms with E-state index >= 15 is 0 Å². The van der Waals surface area contributed by atoms with Gasteiger partial charge in [0.2, 0.25) is 5.91 Å². The molecule has 0 saturated heterocycles. The van der Waals surface area contributed by atoms with E-state index in [1.165, 1.54) is 11.8 Å². The second-order valence-electron chi connectivity index (χ2n) is 7.93. The van der Waals surface area contributed by atoms with E-state index in [9.17, 15) is 4.79 Å². The van der Waals surface area contributed by atoms with Crippen LogP contribution in [0.3, 0.4) is 0 Å². The number of hydrogen-bond donors (Lipinski definition) is 1. The molecule has 1 aromatic heterocycles. The van der Waals surface area contributed by atoms with E-state index in [-0.39, 0.29) is 11.7 Å². The van der Waals surface area contributed by atoms with Crippen molar-refractivity contribution >= 4 is 23.4 Å². The Kier molecular flexibility index (Phi) is 9.76. The molecule has 0 aliphatic rings. The lowest BCUT2D eigenvalue weighted by Gasteiger charge is -2.14. The van der Waals surface area contributed by atoms with Crippen molar-refractivity contribution in [2.24, 2.45) is 0 Å². The smallest absolute Gasteiger partial charge is 0.234 e. The first-order valence-electron chi connectivity index (χ1n) is 11.9. The Hall–Kier alpha value is -3.06. The Morgan fingerprint density at radius 3 is 2.41 bits per heavy atom. The lowest BCUT2D eigenvalue weighted by Crippen LogP contribution is -2.17. The topological polar surface area (TPSA) is 69.0 Å². The molecule has 0 fully saturated rings. The first kappa shape index (κ1) is 25.6. The number of para-hydroxylation sites is 1. The highest BCUT2D eigenvalue weighted by Crippen LogP contribution is 2.27. The summed E-state index contributed by atoms with van der Waals surface area (Å²) in [5.74, 6) is 1.79. The van der Waals surface area contributed by atoms with Crippen molar-refractivity contribution in [3.63, 3.8) is 0 Å². The van der Waals surface area contributed by atoms with Gasteiger partial charge in [0.15, 0.2) is 11.0 Å². The fraction of sp³-hybridized carbons (Fsp3) is 0.370. The summed E-state index contributed by atoms with van der Waals surface area (Å²) in [5.41, 5.74) is 4.18. The molecule has 1 heterocycles. The minimum atomic E-state index is -0.0520. The van der Waals surface area contributed by atoms with Crippen LogP contribution < -0.4 is 10.1 Å². The van der Waals surface area contributed by atoms with Gasteiger partial charge in [-0.15, -0.1) is 16.8 Å². The second kappa shape index (κ2) is 13.0. The molecular formula is C27H34N4O2S. The van der Waals surface area contributed by atoms with Crippen LogP contribution in [0.15, 0.2) is 60.3 Å². The van der Waals surface area contributed by atoms with Crippen LogP contribution >= 0.6 is 11.8 Å². The number of hydrogen-bond acceptors (Lipinski definition) is 5. The van der Waals surface area contributed by atoms with Crippen LogP contribution in [0.4, 0.5) is 5.69 Å². The molecule has 0 aliphatic carbocycles. The SMILES string of the molecule is C=CCn1c(SCC(=O)Nc2c(CC)cccc2CC)nnc1-c1ccc(OCCCC)cc1. The van der Waals surface area contributed by atoms with E-state index in [4.69, 9.17) is 4.74 Å². The molecule has 2 aromatic carbocycles. The molecule has 0 aliphatic heterocycles. The van der Waals surface area contributed by atoms with Gasteiger partial charge in [0, 0.05) is 17.8 Å². The standard InChI is InChI=1S/C27H34N4O2S/c1-5-9-18-33-23-15-13-22(14-16-23)26-29-30-27(31(26)17-6-2)34-19-24(32)28-25-20(7-3)11-10-12-21(25)8-4/h6,10-16H,2,5,7-9,17-19H2,1,3-4H3,(H,28,32). The van der Waals surface area contributed by atoms with Crippen LogP contribution in [-0.4, -0.2) is 33.0 Å². The number of rotatable bonds is 13. The fourth-order valence-corrected chi connectivity index (χ4v) is 4.39. The van der Waals surface area contributed by atoms with Gasteiger partial charge in [-0.3, -0.25) is 9.36 Å². The molecule has 6 nitrogen and oxygen atoms in total. The molecule has 0 radical (unpaired) electrons. The number of carbonyl (C=O) groups is 1. The Balaban J connectivity index is 1.70. The number of carbonyl (C=O) groups excluding carboxylic acids is 1. The van der Waals surface area contributed by atoms with Crippen LogP contribution in [-0.2, 0) is 24.2 Å². The summed E-state index contributed by atoms with van der Waals surface area (Å²) in [6.07, 6.45) is 5.69. The number of allylic oxidation sites excluding steroid dienone is 1. The summed E-state index contributed by atoms with van der Waals surface area (Å²) >= 11 is 1.38. The predicted octanol–water partition coefficient (Wildman–Crippen LogP) is 6.17. The number of ether oxygens (including phenoxy) is 1. The van der Waals surface area contributed by atoms with Crippen LogP contribution in [0.1, 0.15) is 44.7 Å². The quantitative estimate of drug-likeness (QED) is 0.181. The third-order valence-electron chi connectivity index (χ3n) is 5.50. The van der Waals surface area contributed by atoms with E-state index < -0.39 is 0 Å². The van der Waals surface area contributed by atoms with Gasteiger partial charge < -0.3 is 10.1 Å². The van der Waals surface area contributed by atoms with Gasteiger partial charge in [0.25, 0.3) is 0 Å². The van der Waals surface area contributed by atoms with Gasteiger partial charge in [-0.05, 0) is 54.7 Å². The molecule has 180 valence electrons. The first-order valence-corrected chi connectivity index (χ1v) is 12.9. The number of anilines is 1. The molecule has 0 unspecified atom stereocenters. The highest BCUT2D eigenvalue weighted by molar-refractivity contribution is 7.99. The van der Waals surface area contributed by atoms with Gasteiger partial charge in [-0.1, -0.05) is 63.2 Å². The number of thioether (sulfide) groups is 1. The fourth-order valence-electron chi connectivity index (χ4n) is 3.65. The summed E-state index contributed by atoms with van der Waals surface area (Å²) in [4.78, 5) is 12.8. The van der Waals surface area contributed by atoms with Crippen LogP contribution in [0.2, 0.25) is 0 Å². The molecule has 1 amide bonds. The van der Waals surface area contributed by atoms with Crippen molar-refractivity contribution < 1.29 is 9.53 Å². The molecule has 7 heteroatoms. The largest absolute Gasteiger partial charge is 0.494 e. The average molecular weight is 479 g/mol. The normalized spacial score (nSPS) is 10.8. The third-order valence-corrected chi connectivity index (χ3v) is 6.47. The van der Waals surface area contributed by atoms with Gasteiger partial charge in [-0.2, -0.15) is 0 Å². The molecule has 0 saturated carbocycles. The number of aromatic nitrogens is 3. The lowest BCUT2D eigenvalue weighted by atomic mass is 10.0. The molecule has 3 rings (SSSR count). The van der Waals surface area contributed by atoms with Crippen LogP contribution in [0, 0.1) is 0 Å². The van der Waals surface area contributed by atoms with E-state index in [1.807, 2.05) is 41.0 Å². The number of nitrogens with zero attached hydrogens (tertiary/aromatic N) is 3. The number of benzene rings is 2. The summed E-state index contributed by atoms with van der Waals surface area (Å²) in [6, 6.07) is 14.1. The molecular weight excluding hydrogens is 444 g/mol. The monoisotopic (exact) mass is 478 g/mol. The molecule has 0 atom stereocenters. The highest BCUT2D eigenvalue weighted by atomic mass is 32.2. The van der Waals surface area contributed by atoms with E-state index in [0.29, 0.717) is 18.3 Å². The molecule has 0 spiro atoms. The number of aryl methyl sites for hydroxylation is 2. The summed E-state index contributed by atoms with van der Waals surface area (Å²) in [6.45, 7) is 11.5. The maximum Gasteiger partial charge on any atom is 0.234 e. The first-order chi connectivity index (χ1) is 16.6. The van der Waals surface area contributed by atoms with Crippen LogP contribution in [0.5, 0.6) is 5.75 Å². The Morgan fingerprint density at radius 2 is 1.79 bits per heavy atom. The predicted molar refractivity (Wildman–Crippen MR) is 141 cm³/mol.